The number of fused-ring (bicyclic) bond motifs is 1. The number of aliphatic carboxylic acids is 1. The number of methoxy groups -OCH3 is 1. The van der Waals surface area contributed by atoms with Crippen molar-refractivity contribution in [1.82, 2.24) is 4.90 Å². The van der Waals surface area contributed by atoms with Gasteiger partial charge in [0.1, 0.15) is 6.61 Å². The number of rotatable bonds is 7. The number of ether oxygens (including phenoxy) is 2. The largest absolute Gasteiger partial charge is 0.481 e. The van der Waals surface area contributed by atoms with Gasteiger partial charge in [0, 0.05) is 12.8 Å². The molecule has 1 N–H and O–H groups in total. The van der Waals surface area contributed by atoms with Gasteiger partial charge in [-0.3, -0.25) is 4.79 Å². The Labute approximate surface area is 180 Å². The number of benzene rings is 1. The highest BCUT2D eigenvalue weighted by molar-refractivity contribution is 8.16. The number of hydrogen-bond acceptors (Lipinski definition) is 7. The van der Waals surface area contributed by atoms with E-state index in [0.29, 0.717) is 22.1 Å². The van der Waals surface area contributed by atoms with Crippen LogP contribution in [0.4, 0.5) is 13.2 Å². The Hall–Kier alpha value is -2.79. The third-order valence-electron chi connectivity index (χ3n) is 4.63. The van der Waals surface area contributed by atoms with Crippen molar-refractivity contribution in [2.24, 2.45) is 4.99 Å². The zero-order valence-electron chi connectivity index (χ0n) is 16.6. The number of carbonyl (C=O) groups excluding carboxylic acids is 1. The van der Waals surface area contributed by atoms with E-state index in [1.165, 1.54) is 31.0 Å². The minimum atomic E-state index is -4.51. The fourth-order valence-electron chi connectivity index (χ4n) is 3.25. The standard InChI is InChI=1S/C20H19F3N2O5S/c1-11-16(18(28)30-8-7-29-2)17(12-3-5-13(6-4-12)20(21,22)23)25-14(9-15(26)27)10-31-19(25)24-11/h3-6,10,17H,7-9H2,1-2H3,(H,26,27). The van der Waals surface area contributed by atoms with Crippen LogP contribution in [0.5, 0.6) is 0 Å². The number of thioether (sulfide) groups is 1. The van der Waals surface area contributed by atoms with Crippen LogP contribution in [0.3, 0.4) is 0 Å². The number of allylic oxidation sites excluding steroid dienone is 1. The first-order valence-electron chi connectivity index (χ1n) is 9.13. The molecule has 0 fully saturated rings. The Kier molecular flexibility index (Phi) is 6.75. The minimum Gasteiger partial charge on any atom is -0.481 e. The maximum atomic E-state index is 13.0. The number of hydrogen-bond donors (Lipinski definition) is 1. The molecule has 1 aromatic carbocycles. The van der Waals surface area contributed by atoms with Crippen LogP contribution in [0.15, 0.2) is 51.6 Å². The van der Waals surface area contributed by atoms with E-state index in [4.69, 9.17) is 9.47 Å². The SMILES string of the molecule is COCCOC(=O)C1=C(C)N=C2SC=C(CC(=O)O)N2C1c1ccc(C(F)(F)F)cc1. The van der Waals surface area contributed by atoms with Gasteiger partial charge in [-0.15, -0.1) is 0 Å². The van der Waals surface area contributed by atoms with Gasteiger partial charge in [0.25, 0.3) is 0 Å². The zero-order valence-corrected chi connectivity index (χ0v) is 17.4. The van der Waals surface area contributed by atoms with Gasteiger partial charge in [0.2, 0.25) is 0 Å². The quantitative estimate of drug-likeness (QED) is 0.491. The van der Waals surface area contributed by atoms with Crippen molar-refractivity contribution < 1.29 is 37.3 Å². The fourth-order valence-corrected chi connectivity index (χ4v) is 4.22. The molecular formula is C20H19F3N2O5S. The van der Waals surface area contributed by atoms with Gasteiger partial charge >= 0.3 is 18.1 Å². The van der Waals surface area contributed by atoms with E-state index in [1.54, 1.807) is 17.2 Å². The summed E-state index contributed by atoms with van der Waals surface area (Å²) in [5, 5.41) is 11.3. The number of nitrogens with zero attached hydrogens (tertiary/aromatic N) is 2. The van der Waals surface area contributed by atoms with Crippen LogP contribution in [-0.4, -0.2) is 47.4 Å². The summed E-state index contributed by atoms with van der Waals surface area (Å²) in [5.74, 6) is -1.79. The molecule has 2 heterocycles. The molecule has 0 amide bonds. The Morgan fingerprint density at radius 2 is 1.90 bits per heavy atom. The third kappa shape index (κ3) is 4.93. The molecule has 1 aromatic rings. The first-order valence-corrected chi connectivity index (χ1v) is 10.0. The summed E-state index contributed by atoms with van der Waals surface area (Å²) < 4.78 is 49.2. The molecule has 0 spiro atoms. The highest BCUT2D eigenvalue weighted by Crippen LogP contribution is 2.45. The molecule has 166 valence electrons. The van der Waals surface area contributed by atoms with Crippen molar-refractivity contribution in [1.29, 1.82) is 0 Å². The molecule has 0 radical (unpaired) electrons. The molecular weight excluding hydrogens is 437 g/mol. The van der Waals surface area contributed by atoms with E-state index < -0.39 is 29.7 Å². The molecule has 31 heavy (non-hydrogen) atoms. The van der Waals surface area contributed by atoms with E-state index in [1.807, 2.05) is 0 Å². The molecule has 3 rings (SSSR count). The van der Waals surface area contributed by atoms with Gasteiger partial charge in [0.05, 0.1) is 35.9 Å². The second-order valence-electron chi connectivity index (χ2n) is 6.71. The smallest absolute Gasteiger partial charge is 0.416 e. The van der Waals surface area contributed by atoms with Gasteiger partial charge < -0.3 is 19.5 Å². The number of carbonyl (C=O) groups is 2. The van der Waals surface area contributed by atoms with E-state index in [-0.39, 0.29) is 25.2 Å². The van der Waals surface area contributed by atoms with Crippen LogP contribution in [0.25, 0.3) is 0 Å². The molecule has 7 nitrogen and oxygen atoms in total. The molecule has 2 aliphatic rings. The van der Waals surface area contributed by atoms with Crippen molar-refractivity contribution in [3.05, 3.63) is 57.8 Å². The molecule has 0 aliphatic carbocycles. The van der Waals surface area contributed by atoms with E-state index in [9.17, 15) is 27.9 Å². The van der Waals surface area contributed by atoms with E-state index in [2.05, 4.69) is 4.99 Å². The van der Waals surface area contributed by atoms with Gasteiger partial charge in [-0.05, 0) is 30.0 Å². The van der Waals surface area contributed by atoms with E-state index in [0.717, 1.165) is 12.1 Å². The highest BCUT2D eigenvalue weighted by atomic mass is 32.2. The molecule has 1 atom stereocenters. The number of alkyl halides is 3. The summed E-state index contributed by atoms with van der Waals surface area (Å²) in [7, 11) is 1.45. The summed E-state index contributed by atoms with van der Waals surface area (Å²) in [6, 6.07) is 3.51. The normalized spacial score (nSPS) is 18.5. The Balaban J connectivity index is 2.05. The Morgan fingerprint density at radius 3 is 2.48 bits per heavy atom. The van der Waals surface area contributed by atoms with Gasteiger partial charge in [-0.2, -0.15) is 13.2 Å². The lowest BCUT2D eigenvalue weighted by Gasteiger charge is -2.36. The Morgan fingerprint density at radius 1 is 1.23 bits per heavy atom. The molecule has 0 saturated heterocycles. The van der Waals surface area contributed by atoms with Crippen molar-refractivity contribution in [3.8, 4) is 0 Å². The number of carboxylic acid groups (broad SMARTS) is 1. The molecule has 2 aliphatic heterocycles. The van der Waals surface area contributed by atoms with Crippen LogP contribution >= 0.6 is 11.8 Å². The summed E-state index contributed by atoms with van der Waals surface area (Å²) in [4.78, 5) is 30.1. The van der Waals surface area contributed by atoms with Crippen molar-refractivity contribution in [2.45, 2.75) is 25.6 Å². The van der Waals surface area contributed by atoms with Gasteiger partial charge in [-0.1, -0.05) is 23.9 Å². The average molecular weight is 456 g/mol. The monoisotopic (exact) mass is 456 g/mol. The third-order valence-corrected chi connectivity index (χ3v) is 5.52. The molecule has 0 aromatic heterocycles. The summed E-state index contributed by atoms with van der Waals surface area (Å²) in [5.41, 5.74) is 0.380. The summed E-state index contributed by atoms with van der Waals surface area (Å²) in [6.45, 7) is 1.75. The van der Waals surface area contributed by atoms with Crippen LogP contribution in [0.2, 0.25) is 0 Å². The predicted molar refractivity (Wildman–Crippen MR) is 107 cm³/mol. The molecule has 11 heteroatoms. The maximum absolute atomic E-state index is 13.0. The van der Waals surface area contributed by atoms with Crippen LogP contribution in [0, 0.1) is 0 Å². The number of esters is 1. The molecule has 0 saturated carbocycles. The summed E-state index contributed by atoms with van der Waals surface area (Å²) in [6.07, 6.45) is -4.85. The Bertz CT molecular complexity index is 970. The molecule has 0 bridgehead atoms. The number of carboxylic acids is 1. The lowest BCUT2D eigenvalue weighted by atomic mass is 9.93. The predicted octanol–water partition coefficient (Wildman–Crippen LogP) is 3.94. The van der Waals surface area contributed by atoms with Gasteiger partial charge in [-0.25, -0.2) is 9.79 Å². The molecule has 1 unspecified atom stereocenters. The second-order valence-corrected chi connectivity index (χ2v) is 7.55. The van der Waals surface area contributed by atoms with Crippen molar-refractivity contribution in [3.63, 3.8) is 0 Å². The zero-order chi connectivity index (χ0) is 22.8. The van der Waals surface area contributed by atoms with E-state index >= 15 is 0 Å². The van der Waals surface area contributed by atoms with Crippen LogP contribution in [0.1, 0.15) is 30.5 Å². The van der Waals surface area contributed by atoms with Crippen molar-refractivity contribution in [2.75, 3.05) is 20.3 Å². The first-order chi connectivity index (χ1) is 14.6. The fraction of sp³-hybridized carbons (Fsp3) is 0.350. The highest BCUT2D eigenvalue weighted by Gasteiger charge is 2.41. The van der Waals surface area contributed by atoms with Crippen molar-refractivity contribution >= 4 is 28.9 Å². The number of aliphatic imine (C=N–C) groups is 1. The number of halogens is 3. The average Bonchev–Trinajstić information content (AvgIpc) is 3.07. The first kappa shape index (κ1) is 22.9. The maximum Gasteiger partial charge on any atom is 0.416 e. The van der Waals surface area contributed by atoms with Gasteiger partial charge in [0.15, 0.2) is 5.17 Å². The lowest BCUT2D eigenvalue weighted by molar-refractivity contribution is -0.141. The minimum absolute atomic E-state index is 0.0189. The lowest BCUT2D eigenvalue weighted by Crippen LogP contribution is -2.37. The number of amidine groups is 1. The van der Waals surface area contributed by atoms with Crippen LogP contribution in [-0.2, 0) is 25.2 Å². The topological polar surface area (TPSA) is 88.4 Å². The second kappa shape index (κ2) is 9.15. The van der Waals surface area contributed by atoms with Crippen LogP contribution < -0.4 is 0 Å². The summed E-state index contributed by atoms with van der Waals surface area (Å²) >= 11 is 1.19.